The van der Waals surface area contributed by atoms with Crippen molar-refractivity contribution in [2.45, 2.75) is 24.9 Å². The van der Waals surface area contributed by atoms with Gasteiger partial charge in [0.15, 0.2) is 0 Å². The van der Waals surface area contributed by atoms with Gasteiger partial charge in [-0.05, 0) is 55.2 Å². The molecule has 0 radical (unpaired) electrons. The Bertz CT molecular complexity index is 881. The monoisotopic (exact) mass is 393 g/mol. The summed E-state index contributed by atoms with van der Waals surface area (Å²) in [5.74, 6) is -0.950. The lowest BCUT2D eigenvalue weighted by molar-refractivity contribution is -0.0137. The van der Waals surface area contributed by atoms with Gasteiger partial charge in [0.25, 0.3) is 0 Å². The zero-order chi connectivity index (χ0) is 20.9. The van der Waals surface area contributed by atoms with E-state index in [0.717, 1.165) is 31.7 Å². The molecule has 2 aromatic rings. The van der Waals surface area contributed by atoms with Crippen LogP contribution in [0.3, 0.4) is 0 Å². The Hall–Kier alpha value is -2.88. The molecule has 2 aromatic carbocycles. The van der Waals surface area contributed by atoms with Crippen molar-refractivity contribution in [3.8, 4) is 6.07 Å². The fraction of sp³-hybridized carbons (Fsp3) is 0.391. The van der Waals surface area contributed by atoms with Gasteiger partial charge in [-0.25, -0.2) is 4.79 Å². The number of carbonyl (C=O) groups is 1. The average molecular weight is 393 g/mol. The second-order valence-electron chi connectivity index (χ2n) is 7.84. The molecule has 1 saturated heterocycles. The maximum Gasteiger partial charge on any atom is 0.335 e. The van der Waals surface area contributed by atoms with Crippen molar-refractivity contribution in [2.75, 3.05) is 38.1 Å². The lowest BCUT2D eigenvalue weighted by atomic mass is 9.90. The molecule has 152 valence electrons. The number of benzene rings is 2. The Labute approximate surface area is 171 Å². The summed E-state index contributed by atoms with van der Waals surface area (Å²) >= 11 is 0. The number of likely N-dealkylation sites (N-methyl/N-ethyl adjacent to an activating group) is 1. The molecule has 29 heavy (non-hydrogen) atoms. The van der Waals surface area contributed by atoms with Crippen LogP contribution in [0.4, 0.5) is 5.69 Å². The third kappa shape index (κ3) is 5.57. The molecule has 6 heteroatoms. The fourth-order valence-corrected chi connectivity index (χ4v) is 3.79. The molecule has 1 aliphatic rings. The van der Waals surface area contributed by atoms with E-state index in [1.54, 1.807) is 18.2 Å². The van der Waals surface area contributed by atoms with E-state index in [0.29, 0.717) is 24.9 Å². The zero-order valence-corrected chi connectivity index (χ0v) is 16.7. The molecule has 0 spiro atoms. The van der Waals surface area contributed by atoms with Gasteiger partial charge in [-0.1, -0.05) is 18.2 Å². The molecular weight excluding hydrogens is 366 g/mol. The Morgan fingerprint density at radius 3 is 2.52 bits per heavy atom. The Morgan fingerprint density at radius 1 is 1.21 bits per heavy atom. The van der Waals surface area contributed by atoms with Crippen LogP contribution in [0.15, 0.2) is 48.5 Å². The summed E-state index contributed by atoms with van der Waals surface area (Å²) in [6.45, 7) is 3.06. The predicted octanol–water partition coefficient (Wildman–Crippen LogP) is 2.76. The Morgan fingerprint density at radius 2 is 1.90 bits per heavy atom. The number of hydrogen-bond acceptors (Lipinski definition) is 5. The first-order chi connectivity index (χ1) is 13.9. The maximum absolute atomic E-state index is 11.2. The molecule has 0 bridgehead atoms. The summed E-state index contributed by atoms with van der Waals surface area (Å²) in [5, 5.41) is 29.1. The highest BCUT2D eigenvalue weighted by molar-refractivity contribution is 5.88. The van der Waals surface area contributed by atoms with Crippen molar-refractivity contribution in [3.05, 3.63) is 65.2 Å². The van der Waals surface area contributed by atoms with Gasteiger partial charge >= 0.3 is 5.97 Å². The van der Waals surface area contributed by atoms with Crippen LogP contribution in [0.25, 0.3) is 0 Å². The van der Waals surface area contributed by atoms with E-state index in [1.807, 2.05) is 42.3 Å². The summed E-state index contributed by atoms with van der Waals surface area (Å²) in [6.07, 6.45) is 2.29. The molecule has 0 unspecified atom stereocenters. The highest BCUT2D eigenvalue weighted by atomic mass is 16.4. The molecule has 6 nitrogen and oxygen atoms in total. The van der Waals surface area contributed by atoms with Crippen LogP contribution in [0.5, 0.6) is 0 Å². The number of aromatic carboxylic acids is 1. The molecule has 0 aromatic heterocycles. The van der Waals surface area contributed by atoms with Crippen molar-refractivity contribution < 1.29 is 15.0 Å². The van der Waals surface area contributed by atoms with Crippen molar-refractivity contribution in [1.29, 1.82) is 5.26 Å². The molecular formula is C23H27N3O3. The lowest BCUT2D eigenvalue weighted by Crippen LogP contribution is -2.50. The van der Waals surface area contributed by atoms with Crippen LogP contribution in [0.2, 0.25) is 0 Å². The van der Waals surface area contributed by atoms with E-state index in [1.165, 1.54) is 5.56 Å². The number of nitrogens with zero attached hydrogens (tertiary/aromatic N) is 3. The quantitative estimate of drug-likeness (QED) is 0.752. The van der Waals surface area contributed by atoms with Gasteiger partial charge in [0.1, 0.15) is 0 Å². The molecule has 0 amide bonds. The number of carboxylic acids is 1. The molecule has 3 rings (SSSR count). The highest BCUT2D eigenvalue weighted by Crippen LogP contribution is 2.26. The van der Waals surface area contributed by atoms with Gasteiger partial charge in [-0.15, -0.1) is 0 Å². The number of piperidine rings is 1. The van der Waals surface area contributed by atoms with Crippen molar-refractivity contribution in [3.63, 3.8) is 0 Å². The minimum Gasteiger partial charge on any atom is -0.478 e. The molecule has 0 saturated carbocycles. The number of anilines is 1. The second kappa shape index (κ2) is 9.08. The smallest absolute Gasteiger partial charge is 0.335 e. The first-order valence-corrected chi connectivity index (χ1v) is 9.87. The molecule has 1 fully saturated rings. The van der Waals surface area contributed by atoms with Crippen molar-refractivity contribution in [1.82, 2.24) is 4.90 Å². The van der Waals surface area contributed by atoms with Gasteiger partial charge in [-0.2, -0.15) is 5.26 Å². The highest BCUT2D eigenvalue weighted by Gasteiger charge is 2.33. The van der Waals surface area contributed by atoms with Gasteiger partial charge < -0.3 is 20.0 Å². The zero-order valence-electron chi connectivity index (χ0n) is 16.7. The third-order valence-corrected chi connectivity index (χ3v) is 5.65. The summed E-state index contributed by atoms with van der Waals surface area (Å²) in [4.78, 5) is 15.5. The second-order valence-corrected chi connectivity index (χ2v) is 7.84. The molecule has 1 heterocycles. The maximum atomic E-state index is 11.2. The average Bonchev–Trinajstić information content (AvgIpc) is 2.73. The van der Waals surface area contributed by atoms with Crippen LogP contribution >= 0.6 is 0 Å². The summed E-state index contributed by atoms with van der Waals surface area (Å²) in [7, 11) is 1.89. The molecule has 1 aliphatic heterocycles. The van der Waals surface area contributed by atoms with E-state index in [9.17, 15) is 9.90 Å². The SMILES string of the molecule is CN(CC1(O)CCN(CCc2ccc(C#N)cc2)CC1)c1cccc(C(=O)O)c1. The standard InChI is InChI=1S/C23H27N3O3/c1-25(21-4-2-3-20(15-21)22(27)28)17-23(29)10-13-26(14-11-23)12-9-18-5-7-19(16-24)8-6-18/h2-8,15,29H,9-14,17H2,1H3,(H,27,28). The first-order valence-electron chi connectivity index (χ1n) is 9.87. The van der Waals surface area contributed by atoms with Gasteiger partial charge in [0, 0.05) is 38.9 Å². The molecule has 0 aliphatic carbocycles. The first kappa shape index (κ1) is 20.8. The predicted molar refractivity (Wildman–Crippen MR) is 112 cm³/mol. The number of hydrogen-bond donors (Lipinski definition) is 2. The minimum atomic E-state index is -0.950. The van der Waals surface area contributed by atoms with Gasteiger partial charge in [-0.3, -0.25) is 0 Å². The third-order valence-electron chi connectivity index (χ3n) is 5.65. The lowest BCUT2D eigenvalue weighted by Gasteiger charge is -2.40. The molecule has 2 N–H and O–H groups in total. The Balaban J connectivity index is 1.50. The molecule has 0 atom stereocenters. The van der Waals surface area contributed by atoms with Crippen LogP contribution in [-0.2, 0) is 6.42 Å². The van der Waals surface area contributed by atoms with Crippen molar-refractivity contribution in [2.24, 2.45) is 0 Å². The van der Waals surface area contributed by atoms with E-state index in [2.05, 4.69) is 11.0 Å². The number of rotatable bonds is 7. The summed E-state index contributed by atoms with van der Waals surface area (Å²) < 4.78 is 0. The van der Waals surface area contributed by atoms with Crippen molar-refractivity contribution >= 4 is 11.7 Å². The number of aliphatic hydroxyl groups is 1. The van der Waals surface area contributed by atoms with Gasteiger partial charge in [0.05, 0.1) is 22.8 Å². The minimum absolute atomic E-state index is 0.249. The number of carboxylic acid groups (broad SMARTS) is 1. The number of nitriles is 1. The number of likely N-dealkylation sites (tertiary alicyclic amines) is 1. The summed E-state index contributed by atoms with van der Waals surface area (Å²) in [6, 6.07) is 16.6. The van der Waals surface area contributed by atoms with E-state index < -0.39 is 11.6 Å². The fourth-order valence-electron chi connectivity index (χ4n) is 3.79. The van der Waals surface area contributed by atoms with E-state index in [-0.39, 0.29) is 5.56 Å². The van der Waals surface area contributed by atoms with Crippen LogP contribution in [-0.4, -0.2) is 59.9 Å². The topological polar surface area (TPSA) is 87.8 Å². The van der Waals surface area contributed by atoms with Crippen LogP contribution in [0, 0.1) is 11.3 Å². The van der Waals surface area contributed by atoms with E-state index >= 15 is 0 Å². The van der Waals surface area contributed by atoms with Crippen LogP contribution in [0.1, 0.15) is 34.3 Å². The van der Waals surface area contributed by atoms with Crippen LogP contribution < -0.4 is 4.90 Å². The van der Waals surface area contributed by atoms with Gasteiger partial charge in [0.2, 0.25) is 0 Å². The normalized spacial score (nSPS) is 16.2. The van der Waals surface area contributed by atoms with E-state index in [4.69, 9.17) is 10.4 Å². The summed E-state index contributed by atoms with van der Waals surface area (Å²) in [5.41, 5.74) is 2.15. The Kier molecular flexibility index (Phi) is 6.53. The largest absolute Gasteiger partial charge is 0.478 e.